The number of anilines is 2. The van der Waals surface area contributed by atoms with Crippen molar-refractivity contribution in [1.82, 2.24) is 14.5 Å². The summed E-state index contributed by atoms with van der Waals surface area (Å²) in [4.78, 5) is 40.5. The molecule has 1 fully saturated rings. The summed E-state index contributed by atoms with van der Waals surface area (Å²) in [6.07, 6.45) is 0. The molecule has 0 radical (unpaired) electrons. The number of hydrogen-bond donors (Lipinski definition) is 2. The quantitative estimate of drug-likeness (QED) is 0.614. The Labute approximate surface area is 208 Å². The molecule has 186 valence electrons. The van der Waals surface area contributed by atoms with Gasteiger partial charge in [0.1, 0.15) is 0 Å². The summed E-state index contributed by atoms with van der Waals surface area (Å²) in [7, 11) is -2.73. The smallest absolute Gasteiger partial charge is 0.253 e. The lowest BCUT2D eigenvalue weighted by Gasteiger charge is -2.37. The molecule has 12 heteroatoms. The van der Waals surface area contributed by atoms with E-state index in [0.29, 0.717) is 31.2 Å². The monoisotopic (exact) mass is 519 g/mol. The number of amides is 3. The van der Waals surface area contributed by atoms with Gasteiger partial charge in [0.05, 0.1) is 29.2 Å². The minimum atomic E-state index is -4.05. The zero-order valence-electron chi connectivity index (χ0n) is 19.4. The maximum absolute atomic E-state index is 13.1. The highest BCUT2D eigenvalue weighted by molar-refractivity contribution is 7.89. The van der Waals surface area contributed by atoms with E-state index in [-0.39, 0.29) is 35.1 Å². The second kappa shape index (κ2) is 9.84. The van der Waals surface area contributed by atoms with Crippen molar-refractivity contribution >= 4 is 50.7 Å². The van der Waals surface area contributed by atoms with Crippen LogP contribution in [0.2, 0.25) is 5.02 Å². The lowest BCUT2D eigenvalue weighted by molar-refractivity contribution is -0.131. The van der Waals surface area contributed by atoms with Gasteiger partial charge in [0.25, 0.3) is 5.91 Å². The number of nitrogens with zero attached hydrogens (tertiary/aromatic N) is 3. The zero-order valence-corrected chi connectivity index (χ0v) is 20.9. The molecular weight excluding hydrogens is 494 g/mol. The van der Waals surface area contributed by atoms with Crippen molar-refractivity contribution in [2.24, 2.45) is 0 Å². The summed E-state index contributed by atoms with van der Waals surface area (Å²) >= 11 is 6.13. The topological polar surface area (TPSA) is 119 Å². The number of fused-ring (bicyclic) bond motifs is 1. The third kappa shape index (κ3) is 5.26. The molecule has 0 spiro atoms. The number of hydrogen-bond acceptors (Lipinski definition) is 6. The average Bonchev–Trinajstić information content (AvgIpc) is 2.98. The van der Waals surface area contributed by atoms with Gasteiger partial charge in [0, 0.05) is 43.9 Å². The van der Waals surface area contributed by atoms with Crippen molar-refractivity contribution in [1.29, 1.82) is 0 Å². The highest BCUT2D eigenvalue weighted by Gasteiger charge is 2.29. The largest absolute Gasteiger partial charge is 0.368 e. The fourth-order valence-corrected chi connectivity index (χ4v) is 5.42. The first-order valence-corrected chi connectivity index (χ1v) is 12.9. The minimum Gasteiger partial charge on any atom is -0.368 e. The van der Waals surface area contributed by atoms with Crippen LogP contribution in [0.15, 0.2) is 41.3 Å². The van der Waals surface area contributed by atoms with Gasteiger partial charge in [-0.2, -0.15) is 4.31 Å². The Balaban J connectivity index is 1.42. The predicted molar refractivity (Wildman–Crippen MR) is 132 cm³/mol. The summed E-state index contributed by atoms with van der Waals surface area (Å²) in [6.45, 7) is 3.59. The molecule has 2 aromatic carbocycles. The third-order valence-electron chi connectivity index (χ3n) is 6.13. The summed E-state index contributed by atoms with van der Waals surface area (Å²) in [5.74, 6) is -1.26. The van der Waals surface area contributed by atoms with E-state index in [4.69, 9.17) is 11.6 Å². The normalized spacial score (nSPS) is 16.5. The fourth-order valence-electron chi connectivity index (χ4n) is 4.11. The molecule has 4 rings (SSSR count). The van der Waals surface area contributed by atoms with Gasteiger partial charge in [-0.1, -0.05) is 17.7 Å². The number of sulfonamides is 1. The lowest BCUT2D eigenvalue weighted by Crippen LogP contribution is -2.51. The van der Waals surface area contributed by atoms with Crippen LogP contribution in [0.5, 0.6) is 0 Å². The summed E-state index contributed by atoms with van der Waals surface area (Å²) in [5, 5.41) is 5.63. The highest BCUT2D eigenvalue weighted by atomic mass is 35.5. The van der Waals surface area contributed by atoms with Gasteiger partial charge >= 0.3 is 0 Å². The van der Waals surface area contributed by atoms with Crippen molar-refractivity contribution in [3.05, 3.63) is 52.5 Å². The molecule has 2 heterocycles. The van der Waals surface area contributed by atoms with E-state index in [1.165, 1.54) is 25.2 Å². The van der Waals surface area contributed by atoms with Gasteiger partial charge in [-0.3, -0.25) is 14.4 Å². The summed E-state index contributed by atoms with van der Waals surface area (Å²) in [6, 6.07) is 9.58. The fraction of sp³-hybridized carbons (Fsp3) is 0.348. The third-order valence-corrected chi connectivity index (χ3v) is 8.16. The average molecular weight is 520 g/mol. The van der Waals surface area contributed by atoms with Crippen LogP contribution in [0.4, 0.5) is 11.4 Å². The number of benzene rings is 2. The molecule has 2 aromatic rings. The predicted octanol–water partition coefficient (Wildman–Crippen LogP) is 1.30. The molecule has 10 nitrogen and oxygen atoms in total. The standard InChI is InChI=1S/C23H26ClN5O5S/c1-15-3-4-16(24)11-20(15)28-7-9-29(10-8-28)22(31)14-27(2)35(33,34)17-5-6-19-18(12-17)23(32)25-13-21(30)26-19/h3-6,11-12H,7-10,13-14H2,1-2H3,(H,25,32)(H,26,30). The molecule has 2 aliphatic rings. The molecule has 35 heavy (non-hydrogen) atoms. The van der Waals surface area contributed by atoms with E-state index in [1.807, 2.05) is 25.1 Å². The van der Waals surface area contributed by atoms with Gasteiger partial charge in [-0.25, -0.2) is 8.42 Å². The second-order valence-corrected chi connectivity index (χ2v) is 11.0. The number of piperazine rings is 1. The van der Waals surface area contributed by atoms with Crippen LogP contribution >= 0.6 is 11.6 Å². The minimum absolute atomic E-state index is 0.0454. The first kappa shape index (κ1) is 25.0. The molecule has 0 bridgehead atoms. The van der Waals surface area contributed by atoms with E-state index >= 15 is 0 Å². The molecule has 0 saturated carbocycles. The Kier molecular flexibility index (Phi) is 7.02. The molecule has 0 unspecified atom stereocenters. The van der Waals surface area contributed by atoms with Gasteiger partial charge < -0.3 is 20.4 Å². The second-order valence-electron chi connectivity index (χ2n) is 8.50. The Morgan fingerprint density at radius 1 is 1.09 bits per heavy atom. The van der Waals surface area contributed by atoms with Crippen LogP contribution in [0.1, 0.15) is 15.9 Å². The van der Waals surface area contributed by atoms with E-state index in [0.717, 1.165) is 15.6 Å². The number of carbonyl (C=O) groups is 3. The molecule has 2 aliphatic heterocycles. The number of halogens is 1. The number of nitrogens with one attached hydrogen (secondary N) is 2. The number of rotatable bonds is 5. The van der Waals surface area contributed by atoms with E-state index < -0.39 is 21.8 Å². The van der Waals surface area contributed by atoms with Crippen LogP contribution in [0.25, 0.3) is 0 Å². The molecule has 2 N–H and O–H groups in total. The molecule has 3 amide bonds. The number of carbonyl (C=O) groups excluding carboxylic acids is 3. The van der Waals surface area contributed by atoms with E-state index in [9.17, 15) is 22.8 Å². The van der Waals surface area contributed by atoms with Crippen LogP contribution in [0, 0.1) is 6.92 Å². The number of aryl methyl sites for hydroxylation is 1. The Morgan fingerprint density at radius 3 is 2.51 bits per heavy atom. The first-order valence-electron chi connectivity index (χ1n) is 11.0. The summed E-state index contributed by atoms with van der Waals surface area (Å²) < 4.78 is 27.2. The molecule has 1 saturated heterocycles. The van der Waals surface area contributed by atoms with Crippen LogP contribution < -0.4 is 15.5 Å². The van der Waals surface area contributed by atoms with Crippen molar-refractivity contribution in [3.8, 4) is 0 Å². The van der Waals surface area contributed by atoms with Crippen molar-refractivity contribution in [2.75, 3.05) is 56.5 Å². The Morgan fingerprint density at radius 2 is 1.80 bits per heavy atom. The number of likely N-dealkylation sites (N-methyl/N-ethyl adjacent to an activating group) is 1. The van der Waals surface area contributed by atoms with Gasteiger partial charge in [0.2, 0.25) is 21.8 Å². The maximum atomic E-state index is 13.1. The van der Waals surface area contributed by atoms with Gasteiger partial charge in [-0.05, 0) is 42.8 Å². The molecule has 0 atom stereocenters. The van der Waals surface area contributed by atoms with Crippen molar-refractivity contribution in [3.63, 3.8) is 0 Å². The van der Waals surface area contributed by atoms with Gasteiger partial charge in [-0.15, -0.1) is 0 Å². The Bertz CT molecular complexity index is 1290. The molecule has 0 aromatic heterocycles. The van der Waals surface area contributed by atoms with Crippen LogP contribution in [0.3, 0.4) is 0 Å². The van der Waals surface area contributed by atoms with E-state index in [2.05, 4.69) is 15.5 Å². The maximum Gasteiger partial charge on any atom is 0.253 e. The SMILES string of the molecule is Cc1ccc(Cl)cc1N1CCN(C(=O)CN(C)S(=O)(=O)c2ccc3c(c2)C(=O)NCC(=O)N3)CC1. The van der Waals surface area contributed by atoms with Crippen LogP contribution in [-0.2, 0) is 19.6 Å². The summed E-state index contributed by atoms with van der Waals surface area (Å²) in [5.41, 5.74) is 2.39. The van der Waals surface area contributed by atoms with Crippen LogP contribution in [-0.4, -0.2) is 81.7 Å². The first-order chi connectivity index (χ1) is 16.6. The highest BCUT2D eigenvalue weighted by Crippen LogP contribution is 2.26. The lowest BCUT2D eigenvalue weighted by atomic mass is 10.1. The molecular formula is C23H26ClN5O5S. The zero-order chi connectivity index (χ0) is 25.3. The van der Waals surface area contributed by atoms with Gasteiger partial charge in [0.15, 0.2) is 0 Å². The Hall–Kier alpha value is -3.15. The van der Waals surface area contributed by atoms with Crippen molar-refractivity contribution < 1.29 is 22.8 Å². The van der Waals surface area contributed by atoms with E-state index in [1.54, 1.807) is 4.90 Å². The molecule has 0 aliphatic carbocycles. The van der Waals surface area contributed by atoms with Crippen molar-refractivity contribution in [2.45, 2.75) is 11.8 Å².